The first-order valence-corrected chi connectivity index (χ1v) is 8.58. The first-order valence-electron chi connectivity index (χ1n) is 8.58. The number of hydrogen-bond acceptors (Lipinski definition) is 4. The fourth-order valence-corrected chi connectivity index (χ4v) is 6.56. The summed E-state index contributed by atoms with van der Waals surface area (Å²) in [6, 6.07) is 3.52. The number of rotatable bonds is 0. The number of carbonyl (C=O) groups is 1. The molecule has 3 saturated heterocycles. The van der Waals surface area contributed by atoms with Gasteiger partial charge >= 0.3 is 5.97 Å². The van der Waals surface area contributed by atoms with E-state index in [0.717, 1.165) is 24.0 Å². The number of esters is 1. The van der Waals surface area contributed by atoms with E-state index < -0.39 is 5.41 Å². The summed E-state index contributed by atoms with van der Waals surface area (Å²) in [7, 11) is 0. The van der Waals surface area contributed by atoms with Gasteiger partial charge in [0.2, 0.25) is 0 Å². The first kappa shape index (κ1) is 12.7. The van der Waals surface area contributed by atoms with E-state index in [1.165, 1.54) is 11.1 Å². The summed E-state index contributed by atoms with van der Waals surface area (Å²) in [5, 5.41) is 0. The molecule has 3 aliphatic heterocycles. The smallest absolute Gasteiger partial charge is 0.313 e. The Hall–Kier alpha value is -1.68. The zero-order valence-corrected chi connectivity index (χ0v) is 13.2. The molecule has 4 heteroatoms. The Kier molecular flexibility index (Phi) is 1.95. The van der Waals surface area contributed by atoms with Crippen molar-refractivity contribution in [1.82, 2.24) is 0 Å². The summed E-state index contributed by atoms with van der Waals surface area (Å²) >= 11 is 0. The molecule has 1 aromatic carbocycles. The Labute approximate surface area is 133 Å². The Balaban J connectivity index is 1.78. The van der Waals surface area contributed by atoms with Gasteiger partial charge in [-0.3, -0.25) is 9.59 Å². The second-order valence-electron chi connectivity index (χ2n) is 8.00. The van der Waals surface area contributed by atoms with E-state index in [1.54, 1.807) is 12.1 Å². The molecule has 1 aromatic rings. The van der Waals surface area contributed by atoms with Crippen LogP contribution in [0.4, 0.5) is 0 Å². The van der Waals surface area contributed by atoms with Gasteiger partial charge in [-0.15, -0.1) is 0 Å². The van der Waals surface area contributed by atoms with Gasteiger partial charge in [0, 0.05) is 17.8 Å². The second kappa shape index (κ2) is 3.54. The van der Waals surface area contributed by atoms with Crippen LogP contribution in [0.5, 0.6) is 0 Å². The topological polar surface area (TPSA) is 52.6 Å². The molecule has 0 radical (unpaired) electrons. The fraction of sp³-hybridized carbons (Fsp3) is 0.579. The molecule has 3 aliphatic carbocycles. The van der Waals surface area contributed by atoms with Crippen molar-refractivity contribution in [2.45, 2.75) is 50.9 Å². The van der Waals surface area contributed by atoms with E-state index in [1.807, 2.05) is 6.92 Å². The number of ether oxygens (including phenoxy) is 2. The monoisotopic (exact) mass is 310 g/mol. The molecule has 0 N–H and O–H groups in total. The molecule has 7 rings (SSSR count). The molecule has 1 spiro atoms. The van der Waals surface area contributed by atoms with Crippen LogP contribution in [-0.2, 0) is 20.7 Å². The zero-order valence-electron chi connectivity index (χ0n) is 13.2. The summed E-state index contributed by atoms with van der Waals surface area (Å²) in [6.07, 6.45) is 1.47. The number of fused-ring (bicyclic) bond motifs is 2. The predicted octanol–water partition coefficient (Wildman–Crippen LogP) is 2.02. The third-order valence-corrected chi connectivity index (χ3v) is 7.36. The van der Waals surface area contributed by atoms with Crippen molar-refractivity contribution in [3.8, 4) is 0 Å². The van der Waals surface area contributed by atoms with Crippen LogP contribution in [0.25, 0.3) is 0 Å². The molecule has 0 unspecified atom stereocenters. The molecule has 4 nitrogen and oxygen atoms in total. The van der Waals surface area contributed by atoms with E-state index in [0.29, 0.717) is 0 Å². The maximum atomic E-state index is 12.9. The molecule has 6 aliphatic rings. The molecule has 3 heterocycles. The van der Waals surface area contributed by atoms with E-state index in [9.17, 15) is 9.59 Å². The van der Waals surface area contributed by atoms with Crippen LogP contribution in [0.3, 0.4) is 0 Å². The SMILES string of the molecule is Cc1cc(=O)cc2c3c1[C@@H]1O[C@H]4[C@@H]5OC(=O)[C@@](CC2)([C@H]3[C@@H]51)[C@H]4C. The molecule has 4 fully saturated rings. The highest BCUT2D eigenvalue weighted by Crippen LogP contribution is 2.73. The van der Waals surface area contributed by atoms with Crippen LogP contribution in [0.15, 0.2) is 16.9 Å². The van der Waals surface area contributed by atoms with Crippen molar-refractivity contribution >= 4 is 5.97 Å². The molecule has 4 bridgehead atoms. The maximum absolute atomic E-state index is 12.9. The van der Waals surface area contributed by atoms with Gasteiger partial charge in [0.15, 0.2) is 5.43 Å². The van der Waals surface area contributed by atoms with Gasteiger partial charge in [-0.05, 0) is 54.2 Å². The lowest BCUT2D eigenvalue weighted by Gasteiger charge is -2.57. The molecule has 0 aromatic heterocycles. The van der Waals surface area contributed by atoms with Crippen molar-refractivity contribution in [3.05, 3.63) is 44.6 Å². The highest BCUT2D eigenvalue weighted by atomic mass is 16.6. The molecule has 0 amide bonds. The molecule has 1 saturated carbocycles. The zero-order chi connectivity index (χ0) is 15.7. The van der Waals surface area contributed by atoms with E-state index in [4.69, 9.17) is 9.47 Å². The number of hydrogen-bond donors (Lipinski definition) is 0. The van der Waals surface area contributed by atoms with Gasteiger partial charge in [-0.25, -0.2) is 0 Å². The van der Waals surface area contributed by atoms with Crippen molar-refractivity contribution in [1.29, 1.82) is 0 Å². The van der Waals surface area contributed by atoms with Crippen molar-refractivity contribution < 1.29 is 14.3 Å². The lowest BCUT2D eigenvalue weighted by molar-refractivity contribution is -0.215. The van der Waals surface area contributed by atoms with Gasteiger partial charge in [0.25, 0.3) is 0 Å². The quantitative estimate of drug-likeness (QED) is 0.688. The van der Waals surface area contributed by atoms with Crippen LogP contribution in [0, 0.1) is 24.2 Å². The van der Waals surface area contributed by atoms with Crippen molar-refractivity contribution in [2.75, 3.05) is 0 Å². The number of aryl methyl sites for hydroxylation is 2. The summed E-state index contributed by atoms with van der Waals surface area (Å²) in [5.41, 5.74) is 4.19. The second-order valence-corrected chi connectivity index (χ2v) is 8.00. The van der Waals surface area contributed by atoms with Gasteiger partial charge in [0.05, 0.1) is 17.6 Å². The van der Waals surface area contributed by atoms with E-state index in [2.05, 4.69) is 6.92 Å². The number of carbonyl (C=O) groups excluding carboxylic acids is 1. The lowest BCUT2D eigenvalue weighted by atomic mass is 9.50. The Morgan fingerprint density at radius 2 is 2.00 bits per heavy atom. The van der Waals surface area contributed by atoms with Crippen molar-refractivity contribution in [2.24, 2.45) is 17.3 Å². The van der Waals surface area contributed by atoms with Crippen LogP contribution in [0.1, 0.15) is 47.6 Å². The molecule has 7 atom stereocenters. The highest BCUT2D eigenvalue weighted by molar-refractivity contribution is 5.83. The van der Waals surface area contributed by atoms with Crippen LogP contribution in [-0.4, -0.2) is 18.2 Å². The van der Waals surface area contributed by atoms with Crippen LogP contribution >= 0.6 is 0 Å². The standard InChI is InChI=1S/C19H18O4/c1-7-5-10(20)6-9-3-4-19-8(2)15-17(23-18(19)21)13-14(19)12(9)11(7)16(13)22-15/h5-6,8,13-17H,3-4H2,1-2H3/t8-,13+,14+,15+,16-,17+,19+/m0/s1. The average molecular weight is 310 g/mol. The third kappa shape index (κ3) is 1.11. The minimum absolute atomic E-state index is 0.00826. The summed E-state index contributed by atoms with van der Waals surface area (Å²) < 4.78 is 12.3. The molecular weight excluding hydrogens is 292 g/mol. The van der Waals surface area contributed by atoms with Crippen LogP contribution < -0.4 is 5.43 Å². The lowest BCUT2D eigenvalue weighted by Crippen LogP contribution is -2.64. The van der Waals surface area contributed by atoms with Crippen LogP contribution in [0.2, 0.25) is 0 Å². The Morgan fingerprint density at radius 3 is 2.83 bits per heavy atom. The Morgan fingerprint density at radius 1 is 1.17 bits per heavy atom. The van der Waals surface area contributed by atoms with Gasteiger partial charge in [0.1, 0.15) is 6.10 Å². The fourth-order valence-electron chi connectivity index (χ4n) is 6.56. The minimum atomic E-state index is -0.444. The Bertz CT molecular complexity index is 859. The van der Waals surface area contributed by atoms with Crippen molar-refractivity contribution in [3.63, 3.8) is 0 Å². The van der Waals surface area contributed by atoms with Gasteiger partial charge in [-0.2, -0.15) is 0 Å². The van der Waals surface area contributed by atoms with E-state index in [-0.39, 0.29) is 47.5 Å². The summed E-state index contributed by atoms with van der Waals surface area (Å²) in [6.45, 7) is 4.17. The molecular formula is C19H18O4. The van der Waals surface area contributed by atoms with Gasteiger partial charge in [-0.1, -0.05) is 6.92 Å². The highest BCUT2D eigenvalue weighted by Gasteiger charge is 2.76. The maximum Gasteiger partial charge on any atom is 0.313 e. The first-order chi connectivity index (χ1) is 11.0. The third-order valence-electron chi connectivity index (χ3n) is 7.36. The van der Waals surface area contributed by atoms with E-state index >= 15 is 0 Å². The average Bonchev–Trinajstić information content (AvgIpc) is 2.95. The molecule has 23 heavy (non-hydrogen) atoms. The largest absolute Gasteiger partial charge is 0.459 e. The summed E-state index contributed by atoms with van der Waals surface area (Å²) in [5.74, 6) is 0.594. The van der Waals surface area contributed by atoms with Gasteiger partial charge < -0.3 is 9.47 Å². The molecule has 118 valence electrons. The minimum Gasteiger partial charge on any atom is -0.459 e. The summed E-state index contributed by atoms with van der Waals surface area (Å²) in [4.78, 5) is 25.0. The normalized spacial score (nSPS) is 47.0. The predicted molar refractivity (Wildman–Crippen MR) is 81.1 cm³/mol.